The minimum Gasteiger partial charge on any atom is -0.311 e. The van der Waals surface area contributed by atoms with E-state index >= 15 is 0 Å². The lowest BCUT2D eigenvalue weighted by Gasteiger charge is -2.20. The third kappa shape index (κ3) is 6.27. The lowest BCUT2D eigenvalue weighted by atomic mass is 10.0. The van der Waals surface area contributed by atoms with Gasteiger partial charge in [0, 0.05) is 30.5 Å². The third-order valence-corrected chi connectivity index (χ3v) is 6.98. The molecule has 0 fully saturated rings. The van der Waals surface area contributed by atoms with Gasteiger partial charge in [0.1, 0.15) is 0 Å². The zero-order chi connectivity index (χ0) is 23.1. The van der Waals surface area contributed by atoms with E-state index in [0.29, 0.717) is 18.1 Å². The molecule has 7 heteroatoms. The number of sulfonamides is 1. The van der Waals surface area contributed by atoms with Gasteiger partial charge >= 0.3 is 0 Å². The summed E-state index contributed by atoms with van der Waals surface area (Å²) in [6, 6.07) is 27.5. The van der Waals surface area contributed by atoms with Gasteiger partial charge in [-0.2, -0.15) is 0 Å². The Labute approximate surface area is 199 Å². The molecule has 0 bridgehead atoms. The topological polar surface area (TPSA) is 71.1 Å². The zero-order valence-electron chi connectivity index (χ0n) is 17.9. The highest BCUT2D eigenvalue weighted by Crippen LogP contribution is 2.23. The fraction of sp³-hybridized carbons (Fsp3) is 0.115. The lowest BCUT2D eigenvalue weighted by molar-refractivity contribution is 0.528. The summed E-state index contributed by atoms with van der Waals surface area (Å²) in [6.07, 6.45) is 3.51. The van der Waals surface area contributed by atoms with Crippen LogP contribution in [0.5, 0.6) is 0 Å². The van der Waals surface area contributed by atoms with Gasteiger partial charge in [0.2, 0.25) is 10.0 Å². The molecule has 2 N–H and O–H groups in total. The number of pyridine rings is 1. The van der Waals surface area contributed by atoms with Gasteiger partial charge in [-0.15, -0.1) is 0 Å². The zero-order valence-corrected chi connectivity index (χ0v) is 19.4. The molecule has 0 aliphatic carbocycles. The molecule has 1 unspecified atom stereocenters. The fourth-order valence-electron chi connectivity index (χ4n) is 3.50. The molecule has 0 aliphatic heterocycles. The van der Waals surface area contributed by atoms with Crippen molar-refractivity contribution in [3.8, 4) is 11.1 Å². The van der Waals surface area contributed by atoms with Crippen LogP contribution in [0.15, 0.2) is 108 Å². The molecule has 4 rings (SSSR count). The molecule has 1 atom stereocenters. The first-order valence-electron chi connectivity index (χ1n) is 10.5. The van der Waals surface area contributed by atoms with Crippen molar-refractivity contribution in [3.63, 3.8) is 0 Å². The number of aromatic nitrogens is 1. The van der Waals surface area contributed by atoms with Crippen LogP contribution in [0.2, 0.25) is 5.02 Å². The largest absolute Gasteiger partial charge is 0.311 e. The summed E-state index contributed by atoms with van der Waals surface area (Å²) in [6.45, 7) is 0.988. The number of nitrogens with one attached hydrogen (secondary N) is 2. The van der Waals surface area contributed by atoms with E-state index in [1.165, 1.54) is 12.1 Å². The maximum Gasteiger partial charge on any atom is 0.241 e. The molecule has 168 valence electrons. The molecule has 0 amide bonds. The second kappa shape index (κ2) is 10.7. The highest BCUT2D eigenvalue weighted by molar-refractivity contribution is 7.89. The monoisotopic (exact) mass is 477 g/mol. The Bertz CT molecular complexity index is 1260. The summed E-state index contributed by atoms with van der Waals surface area (Å²) < 4.78 is 29.0. The number of benzene rings is 3. The maximum atomic E-state index is 13.1. The Morgan fingerprint density at radius 2 is 1.52 bits per heavy atom. The van der Waals surface area contributed by atoms with Crippen molar-refractivity contribution in [2.75, 3.05) is 6.54 Å². The highest BCUT2D eigenvalue weighted by atomic mass is 35.5. The van der Waals surface area contributed by atoms with Crippen LogP contribution in [0.3, 0.4) is 0 Å². The predicted octanol–water partition coefficient (Wildman–Crippen LogP) is 5.21. The van der Waals surface area contributed by atoms with Crippen LogP contribution < -0.4 is 10.0 Å². The molecule has 0 radical (unpaired) electrons. The number of hydrogen-bond acceptors (Lipinski definition) is 4. The van der Waals surface area contributed by atoms with Gasteiger partial charge < -0.3 is 5.32 Å². The first-order chi connectivity index (χ1) is 16.0. The molecule has 33 heavy (non-hydrogen) atoms. The van der Waals surface area contributed by atoms with E-state index in [1.807, 2.05) is 66.7 Å². The molecule has 3 aromatic carbocycles. The van der Waals surface area contributed by atoms with Crippen LogP contribution in [0, 0.1) is 0 Å². The minimum absolute atomic E-state index is 0.171. The predicted molar refractivity (Wildman–Crippen MR) is 132 cm³/mol. The molecule has 1 aromatic heterocycles. The third-order valence-electron chi connectivity index (χ3n) is 5.24. The van der Waals surface area contributed by atoms with Crippen molar-refractivity contribution < 1.29 is 8.42 Å². The Kier molecular flexibility index (Phi) is 7.52. The molecule has 0 spiro atoms. The summed E-state index contributed by atoms with van der Waals surface area (Å²) in [5.74, 6) is 0. The van der Waals surface area contributed by atoms with Crippen LogP contribution in [-0.2, 0) is 16.6 Å². The Hall–Kier alpha value is -3.03. The quantitative estimate of drug-likeness (QED) is 0.347. The summed E-state index contributed by atoms with van der Waals surface area (Å²) >= 11 is 5.93. The van der Waals surface area contributed by atoms with Gasteiger partial charge in [0.25, 0.3) is 0 Å². The number of rotatable bonds is 9. The first kappa shape index (κ1) is 23.1. The SMILES string of the molecule is O=S(=O)(NC(CNCc1cccnc1)c1ccc(-c2ccccc2)cc1)c1ccc(Cl)cc1. The van der Waals surface area contributed by atoms with E-state index in [2.05, 4.69) is 15.0 Å². The van der Waals surface area contributed by atoms with Gasteiger partial charge in [-0.05, 0) is 52.6 Å². The van der Waals surface area contributed by atoms with Crippen molar-refractivity contribution >= 4 is 21.6 Å². The van der Waals surface area contributed by atoms with Gasteiger partial charge in [0.05, 0.1) is 10.9 Å². The number of hydrogen-bond donors (Lipinski definition) is 2. The lowest BCUT2D eigenvalue weighted by Crippen LogP contribution is -2.35. The Morgan fingerprint density at radius 1 is 0.818 bits per heavy atom. The summed E-state index contributed by atoms with van der Waals surface area (Å²) in [5.41, 5.74) is 4.07. The van der Waals surface area contributed by atoms with E-state index in [4.69, 9.17) is 11.6 Å². The van der Waals surface area contributed by atoms with Gasteiger partial charge in [-0.1, -0.05) is 72.3 Å². The smallest absolute Gasteiger partial charge is 0.241 e. The van der Waals surface area contributed by atoms with Crippen LogP contribution in [0.1, 0.15) is 17.2 Å². The van der Waals surface area contributed by atoms with Crippen LogP contribution >= 0.6 is 11.6 Å². The van der Waals surface area contributed by atoms with Gasteiger partial charge in [-0.25, -0.2) is 13.1 Å². The average Bonchev–Trinajstić information content (AvgIpc) is 2.85. The number of nitrogens with zero attached hydrogens (tertiary/aromatic N) is 1. The van der Waals surface area contributed by atoms with Crippen molar-refractivity contribution in [3.05, 3.63) is 120 Å². The molecule has 0 saturated carbocycles. The van der Waals surface area contributed by atoms with E-state index in [1.54, 1.807) is 24.5 Å². The summed E-state index contributed by atoms with van der Waals surface area (Å²) in [5, 5.41) is 3.83. The Morgan fingerprint density at radius 3 is 2.18 bits per heavy atom. The van der Waals surface area contributed by atoms with Crippen molar-refractivity contribution in [2.45, 2.75) is 17.5 Å². The summed E-state index contributed by atoms with van der Waals surface area (Å²) in [7, 11) is -3.74. The van der Waals surface area contributed by atoms with E-state index in [9.17, 15) is 8.42 Å². The van der Waals surface area contributed by atoms with Crippen molar-refractivity contribution in [1.82, 2.24) is 15.0 Å². The Balaban J connectivity index is 1.55. The molecule has 1 heterocycles. The van der Waals surface area contributed by atoms with Crippen LogP contribution in [0.25, 0.3) is 11.1 Å². The normalized spacial score (nSPS) is 12.4. The fourth-order valence-corrected chi connectivity index (χ4v) is 4.85. The molecular formula is C26H24ClN3O2S. The second-order valence-corrected chi connectivity index (χ2v) is 9.76. The molecule has 4 aromatic rings. The van der Waals surface area contributed by atoms with E-state index in [0.717, 1.165) is 22.3 Å². The van der Waals surface area contributed by atoms with Crippen LogP contribution in [-0.4, -0.2) is 19.9 Å². The van der Waals surface area contributed by atoms with Crippen molar-refractivity contribution in [2.24, 2.45) is 0 Å². The molecule has 0 saturated heterocycles. The average molecular weight is 478 g/mol. The second-order valence-electron chi connectivity index (χ2n) is 7.61. The molecular weight excluding hydrogens is 454 g/mol. The summed E-state index contributed by atoms with van der Waals surface area (Å²) in [4.78, 5) is 4.29. The van der Waals surface area contributed by atoms with Crippen LogP contribution in [0.4, 0.5) is 0 Å². The number of halogens is 1. The maximum absolute atomic E-state index is 13.1. The highest BCUT2D eigenvalue weighted by Gasteiger charge is 2.21. The van der Waals surface area contributed by atoms with E-state index < -0.39 is 16.1 Å². The standard InChI is InChI=1S/C26H24ClN3O2S/c27-24-12-14-25(15-13-24)33(31,32)30-26(19-29-18-20-5-4-16-28-17-20)23-10-8-22(9-11-23)21-6-2-1-3-7-21/h1-17,26,29-30H,18-19H2. The molecule has 0 aliphatic rings. The van der Waals surface area contributed by atoms with E-state index in [-0.39, 0.29) is 4.90 Å². The molecule has 5 nitrogen and oxygen atoms in total. The van der Waals surface area contributed by atoms with Crippen molar-refractivity contribution in [1.29, 1.82) is 0 Å². The van der Waals surface area contributed by atoms with Gasteiger partial charge in [-0.3, -0.25) is 4.98 Å². The van der Waals surface area contributed by atoms with Gasteiger partial charge in [0.15, 0.2) is 0 Å². The first-order valence-corrected chi connectivity index (χ1v) is 12.4. The minimum atomic E-state index is -3.74.